The Kier molecular flexibility index (Phi) is 10.5. The van der Waals surface area contributed by atoms with E-state index in [1.807, 2.05) is 42.5 Å². The van der Waals surface area contributed by atoms with Crippen LogP contribution in [0.25, 0.3) is 11.1 Å². The standard InChI is InChI=1S/C37H44B2O7/c1-24(2)9-8-10-25(3)19-20-44-36-12-7-6-11-32(36)37(33-21-26(4)13-14-27(33)5)34-22-28(45-38(40)41)15-17-30(34)31-18-16-29(23-35(31)37)46-39(42)43/h6-7,11-18,21-25,40-43H,8-10,19-20H2,1-5H3. The van der Waals surface area contributed by atoms with E-state index in [2.05, 4.69) is 58.9 Å². The zero-order valence-electron chi connectivity index (χ0n) is 27.4. The highest BCUT2D eigenvalue weighted by Gasteiger charge is 2.49. The van der Waals surface area contributed by atoms with E-state index in [1.165, 1.54) is 12.8 Å². The van der Waals surface area contributed by atoms with Crippen LogP contribution >= 0.6 is 0 Å². The van der Waals surface area contributed by atoms with Crippen molar-refractivity contribution in [3.05, 3.63) is 112 Å². The molecule has 4 N–H and O–H groups in total. The molecule has 46 heavy (non-hydrogen) atoms. The number of fused-ring (bicyclic) bond motifs is 3. The topological polar surface area (TPSA) is 109 Å². The number of para-hydroxylation sites is 1. The van der Waals surface area contributed by atoms with E-state index in [-0.39, 0.29) is 0 Å². The quantitative estimate of drug-likeness (QED) is 0.104. The summed E-state index contributed by atoms with van der Waals surface area (Å²) in [6.45, 7) is 11.5. The molecule has 1 aliphatic rings. The Balaban J connectivity index is 1.72. The Hall–Kier alpha value is -3.75. The fourth-order valence-electron chi connectivity index (χ4n) is 6.83. The summed E-state index contributed by atoms with van der Waals surface area (Å²) in [5, 5.41) is 38.8. The van der Waals surface area contributed by atoms with Crippen LogP contribution in [0.5, 0.6) is 17.2 Å². The van der Waals surface area contributed by atoms with Gasteiger partial charge < -0.3 is 34.1 Å². The number of hydrogen-bond acceptors (Lipinski definition) is 7. The van der Waals surface area contributed by atoms with Crippen LogP contribution in [0.4, 0.5) is 0 Å². The van der Waals surface area contributed by atoms with Crippen LogP contribution < -0.4 is 14.0 Å². The lowest BCUT2D eigenvalue weighted by molar-refractivity contribution is 0.272. The third kappa shape index (κ3) is 6.98. The Labute approximate surface area is 273 Å². The fraction of sp³-hybridized carbons (Fsp3) is 0.351. The second-order valence-corrected chi connectivity index (χ2v) is 12.9. The van der Waals surface area contributed by atoms with E-state index in [9.17, 15) is 20.1 Å². The number of rotatable bonds is 14. The zero-order valence-corrected chi connectivity index (χ0v) is 27.4. The second-order valence-electron chi connectivity index (χ2n) is 12.9. The summed E-state index contributed by atoms with van der Waals surface area (Å²) in [6.07, 6.45) is 4.52. The SMILES string of the molecule is Cc1ccc(C)c(C2(c3ccccc3OCCC(C)CCCC(C)C)c3cc(OB(O)O)ccc3-c3ccc(OB(O)O)cc32)c1. The first-order chi connectivity index (χ1) is 22.0. The Bertz CT molecular complexity index is 1590. The lowest BCUT2D eigenvalue weighted by Gasteiger charge is -2.36. The minimum atomic E-state index is -1.99. The summed E-state index contributed by atoms with van der Waals surface area (Å²) in [6, 6.07) is 25.4. The molecule has 0 aromatic heterocycles. The summed E-state index contributed by atoms with van der Waals surface area (Å²) in [7, 11) is -3.97. The average Bonchev–Trinajstić information content (AvgIpc) is 3.27. The van der Waals surface area contributed by atoms with Crippen LogP contribution in [0.3, 0.4) is 0 Å². The monoisotopic (exact) mass is 622 g/mol. The van der Waals surface area contributed by atoms with Gasteiger partial charge >= 0.3 is 14.6 Å². The third-order valence-electron chi connectivity index (χ3n) is 9.00. The molecule has 240 valence electrons. The molecule has 4 aromatic rings. The minimum absolute atomic E-state index is 0.298. The van der Waals surface area contributed by atoms with Gasteiger partial charge in [0.2, 0.25) is 0 Å². The molecule has 1 unspecified atom stereocenters. The first kappa shape index (κ1) is 33.6. The molecule has 9 heteroatoms. The largest absolute Gasteiger partial charge is 0.707 e. The van der Waals surface area contributed by atoms with Crippen LogP contribution in [0.2, 0.25) is 0 Å². The minimum Gasteiger partial charge on any atom is -0.512 e. The van der Waals surface area contributed by atoms with Crippen molar-refractivity contribution in [2.24, 2.45) is 11.8 Å². The molecule has 0 bridgehead atoms. The summed E-state index contributed by atoms with van der Waals surface area (Å²) < 4.78 is 17.4. The molecule has 0 aliphatic heterocycles. The van der Waals surface area contributed by atoms with Crippen molar-refractivity contribution in [1.29, 1.82) is 0 Å². The van der Waals surface area contributed by atoms with E-state index in [1.54, 1.807) is 12.1 Å². The Morgan fingerprint density at radius 3 is 1.85 bits per heavy atom. The van der Waals surface area contributed by atoms with Gasteiger partial charge in [-0.15, -0.1) is 0 Å². The highest BCUT2D eigenvalue weighted by molar-refractivity contribution is 6.34. The van der Waals surface area contributed by atoms with Gasteiger partial charge in [0, 0.05) is 5.56 Å². The molecule has 0 fully saturated rings. The van der Waals surface area contributed by atoms with Crippen LogP contribution in [0.1, 0.15) is 79.8 Å². The number of benzene rings is 4. The van der Waals surface area contributed by atoms with Crippen LogP contribution in [0.15, 0.2) is 78.9 Å². The molecule has 0 saturated carbocycles. The zero-order chi connectivity index (χ0) is 33.0. The van der Waals surface area contributed by atoms with Gasteiger partial charge in [-0.25, -0.2) is 0 Å². The van der Waals surface area contributed by atoms with Crippen molar-refractivity contribution in [3.8, 4) is 28.4 Å². The van der Waals surface area contributed by atoms with Gasteiger partial charge in [-0.1, -0.05) is 94.1 Å². The van der Waals surface area contributed by atoms with Crippen LogP contribution in [-0.4, -0.2) is 41.3 Å². The fourth-order valence-corrected chi connectivity index (χ4v) is 6.83. The molecule has 0 radical (unpaired) electrons. The summed E-state index contributed by atoms with van der Waals surface area (Å²) >= 11 is 0. The maximum Gasteiger partial charge on any atom is 0.707 e. The maximum absolute atomic E-state index is 9.71. The van der Waals surface area contributed by atoms with Crippen molar-refractivity contribution in [2.75, 3.05) is 6.61 Å². The van der Waals surface area contributed by atoms with Gasteiger partial charge in [-0.2, -0.15) is 0 Å². The van der Waals surface area contributed by atoms with Crippen molar-refractivity contribution in [1.82, 2.24) is 0 Å². The predicted molar refractivity (Wildman–Crippen MR) is 183 cm³/mol. The molecule has 0 spiro atoms. The highest BCUT2D eigenvalue weighted by Crippen LogP contribution is 2.59. The molecular weight excluding hydrogens is 578 g/mol. The molecule has 7 nitrogen and oxygen atoms in total. The lowest BCUT2D eigenvalue weighted by Crippen LogP contribution is -2.31. The van der Waals surface area contributed by atoms with E-state index in [0.29, 0.717) is 29.9 Å². The van der Waals surface area contributed by atoms with Crippen molar-refractivity contribution >= 4 is 14.6 Å². The molecular formula is C37H44B2O7. The molecule has 0 saturated heterocycles. The van der Waals surface area contributed by atoms with Crippen molar-refractivity contribution in [2.45, 2.75) is 65.7 Å². The van der Waals surface area contributed by atoms with Gasteiger partial charge in [0.05, 0.1) is 12.0 Å². The van der Waals surface area contributed by atoms with Gasteiger partial charge in [-0.05, 0) is 95.8 Å². The van der Waals surface area contributed by atoms with Gasteiger partial charge in [0.25, 0.3) is 0 Å². The molecule has 1 aliphatic carbocycles. The molecule has 0 amide bonds. The normalized spacial score (nSPS) is 13.6. The molecule has 0 heterocycles. The molecule has 4 aromatic carbocycles. The first-order valence-corrected chi connectivity index (χ1v) is 16.2. The number of aryl methyl sites for hydroxylation is 2. The van der Waals surface area contributed by atoms with Crippen molar-refractivity contribution < 1.29 is 34.1 Å². The lowest BCUT2D eigenvalue weighted by atomic mass is 9.66. The summed E-state index contributed by atoms with van der Waals surface area (Å²) in [5.74, 6) is 2.56. The summed E-state index contributed by atoms with van der Waals surface area (Å²) in [5.41, 5.74) is 6.66. The predicted octanol–water partition coefficient (Wildman–Crippen LogP) is 6.59. The van der Waals surface area contributed by atoms with Gasteiger partial charge in [-0.3, -0.25) is 0 Å². The number of ether oxygens (including phenoxy) is 1. The number of hydrogen-bond donors (Lipinski definition) is 4. The van der Waals surface area contributed by atoms with Crippen LogP contribution in [-0.2, 0) is 5.41 Å². The maximum atomic E-state index is 9.71. The van der Waals surface area contributed by atoms with E-state index in [4.69, 9.17) is 14.0 Å². The Morgan fingerprint density at radius 2 is 1.26 bits per heavy atom. The molecule has 1 atom stereocenters. The summed E-state index contributed by atoms with van der Waals surface area (Å²) in [4.78, 5) is 0. The third-order valence-corrected chi connectivity index (χ3v) is 9.00. The first-order valence-electron chi connectivity index (χ1n) is 16.2. The Morgan fingerprint density at radius 1 is 0.652 bits per heavy atom. The molecule has 5 rings (SSSR count). The second kappa shape index (κ2) is 14.3. The average molecular weight is 622 g/mol. The smallest absolute Gasteiger partial charge is 0.512 e. The van der Waals surface area contributed by atoms with E-state index in [0.717, 1.165) is 63.1 Å². The van der Waals surface area contributed by atoms with Crippen LogP contribution in [0, 0.1) is 25.7 Å². The van der Waals surface area contributed by atoms with E-state index < -0.39 is 20.1 Å². The van der Waals surface area contributed by atoms with Gasteiger partial charge in [0.1, 0.15) is 17.2 Å². The van der Waals surface area contributed by atoms with Gasteiger partial charge in [0.15, 0.2) is 0 Å². The highest BCUT2D eigenvalue weighted by atomic mass is 16.6. The van der Waals surface area contributed by atoms with E-state index >= 15 is 0 Å². The van der Waals surface area contributed by atoms with Crippen molar-refractivity contribution in [3.63, 3.8) is 0 Å².